The predicted molar refractivity (Wildman–Crippen MR) is 65.6 cm³/mol. The first-order valence-corrected chi connectivity index (χ1v) is 5.78. The summed E-state index contributed by atoms with van der Waals surface area (Å²) in [5.74, 6) is 1.43. The monoisotopic (exact) mass is 232 g/mol. The Labute approximate surface area is 101 Å². The molecule has 0 bridgehead atoms. The van der Waals surface area contributed by atoms with Crippen LogP contribution in [0.5, 0.6) is 0 Å². The third-order valence-electron chi connectivity index (χ3n) is 2.98. The Balaban J connectivity index is 2.03. The maximum atomic E-state index is 8.55. The largest absolute Gasteiger partial charge is 0.354 e. The average Bonchev–Trinajstić information content (AvgIpc) is 2.40. The van der Waals surface area contributed by atoms with Crippen LogP contribution >= 0.6 is 0 Å². The van der Waals surface area contributed by atoms with Crippen molar-refractivity contribution in [1.82, 2.24) is 14.9 Å². The first kappa shape index (κ1) is 11.6. The number of nitrogens with zero attached hydrogens (tertiary/aromatic N) is 5. The molecule has 2 heterocycles. The van der Waals surface area contributed by atoms with Crippen molar-refractivity contribution in [3.8, 4) is 6.19 Å². The number of aromatic nitrogens is 2. The van der Waals surface area contributed by atoms with E-state index in [0.717, 1.165) is 38.5 Å². The third kappa shape index (κ3) is 2.82. The third-order valence-corrected chi connectivity index (χ3v) is 2.98. The van der Waals surface area contributed by atoms with Gasteiger partial charge >= 0.3 is 0 Å². The molecule has 1 aliphatic heterocycles. The van der Waals surface area contributed by atoms with E-state index in [2.05, 4.69) is 32.0 Å². The normalized spacial score (nSPS) is 16.6. The SMILES string of the molecule is CCN1CCN(c2cc(NC#N)ncn2)CC1. The fourth-order valence-corrected chi connectivity index (χ4v) is 1.94. The van der Waals surface area contributed by atoms with Crippen LogP contribution in [0.1, 0.15) is 6.92 Å². The lowest BCUT2D eigenvalue weighted by Crippen LogP contribution is -2.46. The van der Waals surface area contributed by atoms with E-state index in [-0.39, 0.29) is 0 Å². The smallest absolute Gasteiger partial charge is 0.182 e. The van der Waals surface area contributed by atoms with E-state index >= 15 is 0 Å². The van der Waals surface area contributed by atoms with Gasteiger partial charge in [-0.05, 0) is 6.54 Å². The van der Waals surface area contributed by atoms with Crippen molar-refractivity contribution in [2.45, 2.75) is 6.92 Å². The summed E-state index contributed by atoms with van der Waals surface area (Å²) in [4.78, 5) is 12.8. The van der Waals surface area contributed by atoms with E-state index < -0.39 is 0 Å². The summed E-state index contributed by atoms with van der Waals surface area (Å²) in [5, 5.41) is 11.1. The van der Waals surface area contributed by atoms with Crippen LogP contribution in [0.15, 0.2) is 12.4 Å². The Bertz CT molecular complexity index is 405. The van der Waals surface area contributed by atoms with Gasteiger partial charge in [-0.3, -0.25) is 5.32 Å². The molecule has 0 spiro atoms. The molecule has 17 heavy (non-hydrogen) atoms. The lowest BCUT2D eigenvalue weighted by Gasteiger charge is -2.34. The molecule has 1 aromatic rings. The van der Waals surface area contributed by atoms with Crippen LogP contribution < -0.4 is 10.2 Å². The molecule has 6 nitrogen and oxygen atoms in total. The molecule has 1 N–H and O–H groups in total. The van der Waals surface area contributed by atoms with Gasteiger partial charge in [0.2, 0.25) is 0 Å². The van der Waals surface area contributed by atoms with Crippen LogP contribution in [0, 0.1) is 11.5 Å². The topological polar surface area (TPSA) is 68.1 Å². The Hall–Kier alpha value is -1.87. The average molecular weight is 232 g/mol. The van der Waals surface area contributed by atoms with Crippen LogP contribution in [0.2, 0.25) is 0 Å². The highest BCUT2D eigenvalue weighted by molar-refractivity contribution is 5.50. The number of nitriles is 1. The molecule has 1 aromatic heterocycles. The highest BCUT2D eigenvalue weighted by atomic mass is 15.3. The molecule has 0 radical (unpaired) electrons. The Morgan fingerprint density at radius 3 is 2.76 bits per heavy atom. The van der Waals surface area contributed by atoms with E-state index in [1.165, 1.54) is 6.33 Å². The van der Waals surface area contributed by atoms with Gasteiger partial charge in [0.25, 0.3) is 0 Å². The van der Waals surface area contributed by atoms with E-state index in [4.69, 9.17) is 5.26 Å². The first-order valence-electron chi connectivity index (χ1n) is 5.78. The van der Waals surface area contributed by atoms with Crippen molar-refractivity contribution in [2.24, 2.45) is 0 Å². The summed E-state index contributed by atoms with van der Waals surface area (Å²) in [7, 11) is 0. The standard InChI is InChI=1S/C11H16N6/c1-2-16-3-5-17(6-4-16)11-7-10(13-8-12)14-9-15-11/h7,9H,2-6H2,1H3,(H,13,14,15). The molecule has 0 amide bonds. The molecule has 0 aromatic carbocycles. The van der Waals surface area contributed by atoms with Crippen molar-refractivity contribution in [1.29, 1.82) is 5.26 Å². The molecule has 0 unspecified atom stereocenters. The van der Waals surface area contributed by atoms with Gasteiger partial charge in [-0.1, -0.05) is 6.92 Å². The second kappa shape index (κ2) is 5.46. The number of anilines is 2. The molecule has 1 fully saturated rings. The lowest BCUT2D eigenvalue weighted by molar-refractivity contribution is 0.270. The summed E-state index contributed by atoms with van der Waals surface area (Å²) in [5.41, 5.74) is 0. The molecular formula is C11H16N6. The van der Waals surface area contributed by atoms with Gasteiger partial charge < -0.3 is 9.80 Å². The molecule has 1 saturated heterocycles. The molecule has 0 saturated carbocycles. The number of hydrogen-bond donors (Lipinski definition) is 1. The summed E-state index contributed by atoms with van der Waals surface area (Å²) >= 11 is 0. The zero-order valence-electron chi connectivity index (χ0n) is 9.93. The van der Waals surface area contributed by atoms with Crippen LogP contribution in [-0.2, 0) is 0 Å². The fraction of sp³-hybridized carbons (Fsp3) is 0.545. The van der Waals surface area contributed by atoms with E-state index in [1.54, 1.807) is 0 Å². The minimum atomic E-state index is 0.551. The Morgan fingerprint density at radius 2 is 2.12 bits per heavy atom. The highest BCUT2D eigenvalue weighted by Gasteiger charge is 2.16. The van der Waals surface area contributed by atoms with Crippen molar-refractivity contribution in [2.75, 3.05) is 42.9 Å². The van der Waals surface area contributed by atoms with Crippen molar-refractivity contribution < 1.29 is 0 Å². The van der Waals surface area contributed by atoms with Crippen LogP contribution in [-0.4, -0.2) is 47.6 Å². The van der Waals surface area contributed by atoms with Crippen LogP contribution in [0.25, 0.3) is 0 Å². The second-order valence-corrected chi connectivity index (χ2v) is 3.92. The number of hydrogen-bond acceptors (Lipinski definition) is 6. The van der Waals surface area contributed by atoms with E-state index in [9.17, 15) is 0 Å². The Morgan fingerprint density at radius 1 is 1.35 bits per heavy atom. The van der Waals surface area contributed by atoms with Gasteiger partial charge in [-0.2, -0.15) is 5.26 Å². The summed E-state index contributed by atoms with van der Waals surface area (Å²) in [6.07, 6.45) is 3.35. The van der Waals surface area contributed by atoms with Gasteiger partial charge in [0, 0.05) is 32.2 Å². The number of likely N-dealkylation sites (N-methyl/N-ethyl adjacent to an activating group) is 1. The predicted octanol–water partition coefficient (Wildman–Crippen LogP) is 0.511. The summed E-state index contributed by atoms with van der Waals surface area (Å²) in [6.45, 7) is 7.32. The van der Waals surface area contributed by atoms with Crippen molar-refractivity contribution >= 4 is 11.6 Å². The summed E-state index contributed by atoms with van der Waals surface area (Å²) < 4.78 is 0. The van der Waals surface area contributed by atoms with Crippen LogP contribution in [0.3, 0.4) is 0 Å². The zero-order valence-corrected chi connectivity index (χ0v) is 9.93. The van der Waals surface area contributed by atoms with Gasteiger partial charge in [0.1, 0.15) is 18.0 Å². The molecule has 90 valence electrons. The van der Waals surface area contributed by atoms with Crippen LogP contribution in [0.4, 0.5) is 11.6 Å². The van der Waals surface area contributed by atoms with Gasteiger partial charge in [-0.25, -0.2) is 9.97 Å². The van der Waals surface area contributed by atoms with Gasteiger partial charge in [-0.15, -0.1) is 0 Å². The highest BCUT2D eigenvalue weighted by Crippen LogP contribution is 2.15. The second-order valence-electron chi connectivity index (χ2n) is 3.92. The van der Waals surface area contributed by atoms with Crippen molar-refractivity contribution in [3.05, 3.63) is 12.4 Å². The summed E-state index contributed by atoms with van der Waals surface area (Å²) in [6, 6.07) is 1.81. The first-order chi connectivity index (χ1) is 8.33. The minimum Gasteiger partial charge on any atom is -0.354 e. The maximum absolute atomic E-state index is 8.55. The van der Waals surface area contributed by atoms with Gasteiger partial charge in [0.05, 0.1) is 0 Å². The molecule has 1 aliphatic rings. The van der Waals surface area contributed by atoms with Crippen molar-refractivity contribution in [3.63, 3.8) is 0 Å². The van der Waals surface area contributed by atoms with E-state index in [1.807, 2.05) is 12.3 Å². The zero-order chi connectivity index (χ0) is 12.1. The number of nitrogens with one attached hydrogen (secondary N) is 1. The molecule has 0 aliphatic carbocycles. The molecular weight excluding hydrogens is 216 g/mol. The fourth-order valence-electron chi connectivity index (χ4n) is 1.94. The number of rotatable bonds is 3. The van der Waals surface area contributed by atoms with Gasteiger partial charge in [0.15, 0.2) is 6.19 Å². The molecule has 0 atom stereocenters. The van der Waals surface area contributed by atoms with E-state index in [0.29, 0.717) is 5.82 Å². The molecule has 6 heteroatoms. The lowest BCUT2D eigenvalue weighted by atomic mass is 10.3. The Kier molecular flexibility index (Phi) is 3.73. The molecule has 2 rings (SSSR count). The maximum Gasteiger partial charge on any atom is 0.182 e. The quantitative estimate of drug-likeness (QED) is 0.605. The number of piperazine rings is 1. The minimum absolute atomic E-state index is 0.551.